The van der Waals surface area contributed by atoms with Crippen LogP contribution in [0.25, 0.3) is 0 Å². The lowest BCUT2D eigenvalue weighted by atomic mass is 10.0. The summed E-state index contributed by atoms with van der Waals surface area (Å²) in [6.07, 6.45) is 1.52. The zero-order chi connectivity index (χ0) is 21.7. The van der Waals surface area contributed by atoms with Gasteiger partial charge in [-0.25, -0.2) is 4.79 Å². The van der Waals surface area contributed by atoms with Crippen LogP contribution in [0.15, 0.2) is 66.9 Å². The summed E-state index contributed by atoms with van der Waals surface area (Å²) in [7, 11) is 1.61. The second-order valence-electron chi connectivity index (χ2n) is 6.65. The van der Waals surface area contributed by atoms with Crippen LogP contribution in [0.2, 0.25) is 0 Å². The molecule has 0 saturated heterocycles. The number of carbonyl (C=O) groups excluding carboxylic acids is 4. The molecule has 0 atom stereocenters. The smallest absolute Gasteiger partial charge is 0.355 e. The maximum absolute atomic E-state index is 12.7. The highest BCUT2D eigenvalue weighted by molar-refractivity contribution is 6.14. The Kier molecular flexibility index (Phi) is 6.22. The fraction of sp³-hybridized carbons (Fsp3) is 0.130. The number of amides is 1. The van der Waals surface area contributed by atoms with Crippen molar-refractivity contribution in [3.8, 4) is 0 Å². The third kappa shape index (κ3) is 4.70. The Hall–Kier alpha value is -4.00. The number of esters is 1. The third-order valence-electron chi connectivity index (χ3n) is 4.44. The molecule has 1 amide bonds. The van der Waals surface area contributed by atoms with E-state index in [9.17, 15) is 19.2 Å². The lowest BCUT2D eigenvalue weighted by Crippen LogP contribution is -2.23. The molecule has 0 aliphatic heterocycles. The highest BCUT2D eigenvalue weighted by Crippen LogP contribution is 2.19. The number of carbonyl (C=O) groups is 4. The summed E-state index contributed by atoms with van der Waals surface area (Å²) in [6.45, 7) is 0.860. The minimum Gasteiger partial charge on any atom is -0.451 e. The minimum absolute atomic E-state index is 0.160. The second kappa shape index (κ2) is 9.00. The molecule has 1 N–H and O–H groups in total. The molecule has 0 radical (unpaired) electrons. The van der Waals surface area contributed by atoms with Crippen LogP contribution in [-0.2, 0) is 16.6 Å². The number of Topliss-reactive ketones (excluding diaryl/α,β-unsaturated/α-hetero) is 1. The molecule has 0 bridgehead atoms. The van der Waals surface area contributed by atoms with Crippen molar-refractivity contribution in [2.75, 3.05) is 11.9 Å². The molecule has 0 unspecified atom stereocenters. The van der Waals surface area contributed by atoms with Gasteiger partial charge in [-0.15, -0.1) is 0 Å². The Morgan fingerprint density at radius 1 is 0.933 bits per heavy atom. The summed E-state index contributed by atoms with van der Waals surface area (Å²) < 4.78 is 6.52. The van der Waals surface area contributed by atoms with Crippen LogP contribution in [-0.4, -0.2) is 34.6 Å². The molecule has 0 aliphatic carbocycles. The number of benzene rings is 2. The molecular weight excluding hydrogens is 384 g/mol. The normalized spacial score (nSPS) is 10.3. The Morgan fingerprint density at radius 2 is 1.60 bits per heavy atom. The number of hydrogen-bond acceptors (Lipinski definition) is 5. The maximum Gasteiger partial charge on any atom is 0.355 e. The summed E-state index contributed by atoms with van der Waals surface area (Å²) >= 11 is 0. The van der Waals surface area contributed by atoms with Gasteiger partial charge in [0.1, 0.15) is 5.69 Å². The van der Waals surface area contributed by atoms with Crippen LogP contribution in [0.3, 0.4) is 0 Å². The van der Waals surface area contributed by atoms with E-state index in [-0.39, 0.29) is 17.3 Å². The average Bonchev–Trinajstić information content (AvgIpc) is 3.15. The van der Waals surface area contributed by atoms with Gasteiger partial charge < -0.3 is 14.6 Å². The number of aryl methyl sites for hydroxylation is 1. The fourth-order valence-corrected chi connectivity index (χ4v) is 2.89. The van der Waals surface area contributed by atoms with Crippen molar-refractivity contribution >= 4 is 29.1 Å². The predicted octanol–water partition coefficient (Wildman–Crippen LogP) is 3.25. The Morgan fingerprint density at radius 3 is 2.27 bits per heavy atom. The van der Waals surface area contributed by atoms with E-state index in [4.69, 9.17) is 4.74 Å². The minimum atomic E-state index is -0.728. The molecule has 1 heterocycles. The van der Waals surface area contributed by atoms with Crippen LogP contribution < -0.4 is 5.32 Å². The fourth-order valence-electron chi connectivity index (χ4n) is 2.89. The standard InChI is InChI=1S/C23H20N2O5/c1-15(26)17-12-20(25(2)13-17)23(29)30-14-21(27)24-19-11-7-6-10-18(19)22(28)16-8-4-3-5-9-16/h3-13H,14H2,1-2H3,(H,24,27). The number of para-hydroxylation sites is 1. The van der Waals surface area contributed by atoms with Gasteiger partial charge in [0.2, 0.25) is 0 Å². The van der Waals surface area contributed by atoms with Gasteiger partial charge in [0.05, 0.1) is 5.69 Å². The molecule has 0 aliphatic rings. The van der Waals surface area contributed by atoms with E-state index in [1.165, 1.54) is 23.8 Å². The van der Waals surface area contributed by atoms with Crippen molar-refractivity contribution in [2.24, 2.45) is 7.05 Å². The number of anilines is 1. The summed E-state index contributed by atoms with van der Waals surface area (Å²) in [4.78, 5) is 48.7. The molecule has 2 aromatic carbocycles. The van der Waals surface area contributed by atoms with Gasteiger partial charge in [0.25, 0.3) is 5.91 Å². The van der Waals surface area contributed by atoms with E-state index in [2.05, 4.69) is 5.32 Å². The van der Waals surface area contributed by atoms with E-state index in [1.807, 2.05) is 6.07 Å². The first-order chi connectivity index (χ1) is 14.4. The molecule has 0 fully saturated rings. The van der Waals surface area contributed by atoms with Crippen molar-refractivity contribution in [2.45, 2.75) is 6.92 Å². The molecule has 3 rings (SSSR count). The molecule has 1 aromatic heterocycles. The molecule has 30 heavy (non-hydrogen) atoms. The maximum atomic E-state index is 12.7. The molecule has 152 valence electrons. The quantitative estimate of drug-likeness (QED) is 0.482. The lowest BCUT2D eigenvalue weighted by molar-refractivity contribution is -0.119. The molecule has 3 aromatic rings. The van der Waals surface area contributed by atoms with Crippen LogP contribution in [0.5, 0.6) is 0 Å². The van der Waals surface area contributed by atoms with Crippen molar-refractivity contribution in [3.05, 3.63) is 89.2 Å². The molecule has 0 spiro atoms. The number of aromatic nitrogens is 1. The highest BCUT2D eigenvalue weighted by atomic mass is 16.5. The summed E-state index contributed by atoms with van der Waals surface area (Å²) in [5.74, 6) is -1.72. The summed E-state index contributed by atoms with van der Waals surface area (Å²) in [5.41, 5.74) is 1.69. The first-order valence-corrected chi connectivity index (χ1v) is 9.20. The Bertz CT molecular complexity index is 1120. The van der Waals surface area contributed by atoms with Gasteiger partial charge >= 0.3 is 5.97 Å². The number of nitrogens with one attached hydrogen (secondary N) is 1. The molecule has 0 saturated carbocycles. The highest BCUT2D eigenvalue weighted by Gasteiger charge is 2.18. The van der Waals surface area contributed by atoms with E-state index in [1.54, 1.807) is 55.6 Å². The molecule has 7 nitrogen and oxygen atoms in total. The summed E-state index contributed by atoms with van der Waals surface area (Å²) in [5, 5.41) is 2.61. The summed E-state index contributed by atoms with van der Waals surface area (Å²) in [6, 6.07) is 16.7. The number of hydrogen-bond donors (Lipinski definition) is 1. The topological polar surface area (TPSA) is 94.5 Å². The zero-order valence-electron chi connectivity index (χ0n) is 16.5. The van der Waals surface area contributed by atoms with Crippen LogP contribution >= 0.6 is 0 Å². The molecular formula is C23H20N2O5. The van der Waals surface area contributed by atoms with Gasteiger partial charge in [-0.1, -0.05) is 42.5 Å². The van der Waals surface area contributed by atoms with Crippen LogP contribution in [0, 0.1) is 0 Å². The number of ketones is 2. The Labute approximate surface area is 173 Å². The van der Waals surface area contributed by atoms with E-state index < -0.39 is 18.5 Å². The van der Waals surface area contributed by atoms with Gasteiger partial charge in [0, 0.05) is 29.9 Å². The Balaban J connectivity index is 1.67. The van der Waals surface area contributed by atoms with Crippen molar-refractivity contribution in [1.82, 2.24) is 4.57 Å². The first kappa shape index (κ1) is 20.7. The molecule has 7 heteroatoms. The zero-order valence-corrected chi connectivity index (χ0v) is 16.5. The average molecular weight is 404 g/mol. The van der Waals surface area contributed by atoms with Gasteiger partial charge in [-0.05, 0) is 25.1 Å². The van der Waals surface area contributed by atoms with E-state index in [0.29, 0.717) is 22.4 Å². The lowest BCUT2D eigenvalue weighted by Gasteiger charge is -2.11. The third-order valence-corrected chi connectivity index (χ3v) is 4.44. The number of nitrogens with zero attached hydrogens (tertiary/aromatic N) is 1. The monoisotopic (exact) mass is 404 g/mol. The van der Waals surface area contributed by atoms with Gasteiger partial charge in [0.15, 0.2) is 18.2 Å². The van der Waals surface area contributed by atoms with Crippen molar-refractivity contribution in [1.29, 1.82) is 0 Å². The van der Waals surface area contributed by atoms with E-state index >= 15 is 0 Å². The van der Waals surface area contributed by atoms with Gasteiger partial charge in [-0.3, -0.25) is 14.4 Å². The van der Waals surface area contributed by atoms with Crippen LogP contribution in [0.1, 0.15) is 43.7 Å². The SMILES string of the molecule is CC(=O)c1cc(C(=O)OCC(=O)Nc2ccccc2C(=O)c2ccccc2)n(C)c1. The van der Waals surface area contributed by atoms with Gasteiger partial charge in [-0.2, -0.15) is 0 Å². The predicted molar refractivity (Wildman–Crippen MR) is 111 cm³/mol. The van der Waals surface area contributed by atoms with Crippen LogP contribution in [0.4, 0.5) is 5.69 Å². The largest absolute Gasteiger partial charge is 0.451 e. The number of ether oxygens (including phenoxy) is 1. The first-order valence-electron chi connectivity index (χ1n) is 9.20. The second-order valence-corrected chi connectivity index (χ2v) is 6.65. The number of rotatable bonds is 7. The van der Waals surface area contributed by atoms with E-state index in [0.717, 1.165) is 0 Å². The van der Waals surface area contributed by atoms with Crippen molar-refractivity contribution < 1.29 is 23.9 Å². The van der Waals surface area contributed by atoms with Crippen molar-refractivity contribution in [3.63, 3.8) is 0 Å².